The van der Waals surface area contributed by atoms with Crippen molar-refractivity contribution in [2.45, 2.75) is 20.0 Å². The third-order valence-electron chi connectivity index (χ3n) is 3.31. The summed E-state index contributed by atoms with van der Waals surface area (Å²) in [6.07, 6.45) is 0.0104. The van der Waals surface area contributed by atoms with Gasteiger partial charge in [0.1, 0.15) is 11.3 Å². The molecule has 1 amide bonds. The molecule has 6 nitrogen and oxygen atoms in total. The largest absolute Gasteiger partial charge is 0.483 e. The second-order valence-electron chi connectivity index (χ2n) is 5.11. The van der Waals surface area contributed by atoms with E-state index in [9.17, 15) is 9.59 Å². The van der Waals surface area contributed by atoms with Gasteiger partial charge in [-0.2, -0.15) is 0 Å². The minimum Gasteiger partial charge on any atom is -0.483 e. The topological polar surface area (TPSA) is 76.1 Å². The molecule has 2 rings (SSSR count). The van der Waals surface area contributed by atoms with Gasteiger partial charge in [0.15, 0.2) is 6.61 Å². The molecule has 6 heteroatoms. The normalized spacial score (nSPS) is 18.4. The monoisotopic (exact) mass is 293 g/mol. The first-order chi connectivity index (χ1) is 9.97. The zero-order valence-corrected chi connectivity index (χ0v) is 12.2. The quantitative estimate of drug-likeness (QED) is 0.906. The van der Waals surface area contributed by atoms with Gasteiger partial charge in [0.25, 0.3) is 5.91 Å². The van der Waals surface area contributed by atoms with Crippen LogP contribution in [0.15, 0.2) is 18.2 Å². The van der Waals surface area contributed by atoms with Crippen LogP contribution in [-0.4, -0.2) is 54.3 Å². The highest BCUT2D eigenvalue weighted by molar-refractivity contribution is 5.91. The summed E-state index contributed by atoms with van der Waals surface area (Å²) < 4.78 is 10.8. The average molecular weight is 293 g/mol. The number of hydrogen-bond acceptors (Lipinski definition) is 4. The summed E-state index contributed by atoms with van der Waals surface area (Å²) in [4.78, 5) is 24.9. The Hall–Kier alpha value is -2.08. The van der Waals surface area contributed by atoms with Crippen LogP contribution in [0.5, 0.6) is 5.75 Å². The second-order valence-corrected chi connectivity index (χ2v) is 5.11. The fraction of sp³-hybridized carbons (Fsp3) is 0.467. The van der Waals surface area contributed by atoms with E-state index in [1.165, 1.54) is 6.07 Å². The van der Waals surface area contributed by atoms with E-state index in [-0.39, 0.29) is 29.9 Å². The van der Waals surface area contributed by atoms with Gasteiger partial charge in [0.05, 0.1) is 12.7 Å². The molecule has 1 aliphatic heterocycles. The highest BCUT2D eigenvalue weighted by Crippen LogP contribution is 2.20. The predicted molar refractivity (Wildman–Crippen MR) is 75.6 cm³/mol. The summed E-state index contributed by atoms with van der Waals surface area (Å²) in [5.41, 5.74) is 0.936. The summed E-state index contributed by atoms with van der Waals surface area (Å²) in [7, 11) is 0. The van der Waals surface area contributed by atoms with Crippen molar-refractivity contribution in [1.82, 2.24) is 4.90 Å². The van der Waals surface area contributed by atoms with Gasteiger partial charge in [-0.15, -0.1) is 0 Å². The molecule has 1 heterocycles. The molecule has 1 N–H and O–H groups in total. The molecule has 0 aromatic heterocycles. The van der Waals surface area contributed by atoms with Gasteiger partial charge in [-0.05, 0) is 31.5 Å². The molecule has 0 bridgehead atoms. The number of aryl methyl sites for hydroxylation is 1. The van der Waals surface area contributed by atoms with Crippen LogP contribution >= 0.6 is 0 Å². The van der Waals surface area contributed by atoms with Crippen molar-refractivity contribution in [3.63, 3.8) is 0 Å². The lowest BCUT2D eigenvalue weighted by atomic mass is 10.1. The Labute approximate surface area is 123 Å². The van der Waals surface area contributed by atoms with E-state index < -0.39 is 5.97 Å². The molecular formula is C15H19NO5. The Morgan fingerprint density at radius 3 is 2.90 bits per heavy atom. The van der Waals surface area contributed by atoms with Gasteiger partial charge in [-0.1, -0.05) is 6.07 Å². The van der Waals surface area contributed by atoms with E-state index in [0.29, 0.717) is 19.7 Å². The molecule has 1 aromatic carbocycles. The van der Waals surface area contributed by atoms with Crippen molar-refractivity contribution in [2.75, 3.05) is 26.3 Å². The molecule has 0 saturated carbocycles. The highest BCUT2D eigenvalue weighted by atomic mass is 16.5. The van der Waals surface area contributed by atoms with E-state index in [0.717, 1.165) is 5.56 Å². The number of rotatable bonds is 4. The van der Waals surface area contributed by atoms with Crippen molar-refractivity contribution in [3.8, 4) is 5.75 Å². The standard InChI is InChI=1S/C15H19NO5/c1-10-3-4-12(15(18)19)13(7-10)21-9-14(17)16-5-6-20-11(2)8-16/h3-4,7,11H,5-6,8-9H2,1-2H3,(H,18,19). The third kappa shape index (κ3) is 3.95. The summed E-state index contributed by atoms with van der Waals surface area (Å²) in [5, 5.41) is 9.11. The lowest BCUT2D eigenvalue weighted by Crippen LogP contribution is -2.46. The molecular weight excluding hydrogens is 274 g/mol. The van der Waals surface area contributed by atoms with Crippen LogP contribution in [0.25, 0.3) is 0 Å². The SMILES string of the molecule is Cc1ccc(C(=O)O)c(OCC(=O)N2CCOC(C)C2)c1. The first-order valence-electron chi connectivity index (χ1n) is 6.83. The fourth-order valence-electron chi connectivity index (χ4n) is 2.20. The molecule has 114 valence electrons. The lowest BCUT2D eigenvalue weighted by molar-refractivity contribution is -0.140. The Morgan fingerprint density at radius 1 is 1.48 bits per heavy atom. The number of nitrogens with zero attached hydrogens (tertiary/aromatic N) is 1. The molecule has 0 spiro atoms. The van der Waals surface area contributed by atoms with Crippen LogP contribution in [-0.2, 0) is 9.53 Å². The van der Waals surface area contributed by atoms with Crippen molar-refractivity contribution in [1.29, 1.82) is 0 Å². The summed E-state index contributed by atoms with van der Waals surface area (Å²) in [5.74, 6) is -1.02. The molecule has 21 heavy (non-hydrogen) atoms. The number of benzene rings is 1. The zero-order chi connectivity index (χ0) is 15.4. The van der Waals surface area contributed by atoms with E-state index in [4.69, 9.17) is 14.6 Å². The highest BCUT2D eigenvalue weighted by Gasteiger charge is 2.22. The van der Waals surface area contributed by atoms with E-state index in [2.05, 4.69) is 0 Å². The maximum absolute atomic E-state index is 12.1. The van der Waals surface area contributed by atoms with Crippen molar-refractivity contribution >= 4 is 11.9 Å². The molecule has 1 atom stereocenters. The maximum Gasteiger partial charge on any atom is 0.339 e. The van der Waals surface area contributed by atoms with Crippen LogP contribution in [0.1, 0.15) is 22.8 Å². The van der Waals surface area contributed by atoms with Crippen molar-refractivity contribution < 1.29 is 24.2 Å². The van der Waals surface area contributed by atoms with E-state index in [1.807, 2.05) is 13.8 Å². The number of carbonyl (C=O) groups excluding carboxylic acids is 1. The number of amides is 1. The second kappa shape index (κ2) is 6.58. The Balaban J connectivity index is 2.00. The van der Waals surface area contributed by atoms with Crippen LogP contribution in [0.4, 0.5) is 0 Å². The number of morpholine rings is 1. The Morgan fingerprint density at radius 2 is 2.24 bits per heavy atom. The minimum absolute atomic E-state index is 0.0104. The van der Waals surface area contributed by atoms with Gasteiger partial charge >= 0.3 is 5.97 Å². The first kappa shape index (κ1) is 15.3. The minimum atomic E-state index is -1.07. The predicted octanol–water partition coefficient (Wildman–Crippen LogP) is 1.32. The van der Waals surface area contributed by atoms with Gasteiger partial charge in [-0.3, -0.25) is 4.79 Å². The molecule has 1 aliphatic rings. The van der Waals surface area contributed by atoms with Gasteiger partial charge < -0.3 is 19.5 Å². The van der Waals surface area contributed by atoms with E-state index in [1.54, 1.807) is 17.0 Å². The zero-order valence-electron chi connectivity index (χ0n) is 12.2. The Bertz CT molecular complexity index is 543. The first-order valence-corrected chi connectivity index (χ1v) is 6.83. The van der Waals surface area contributed by atoms with Crippen molar-refractivity contribution in [2.24, 2.45) is 0 Å². The molecule has 1 unspecified atom stereocenters. The number of hydrogen-bond donors (Lipinski definition) is 1. The van der Waals surface area contributed by atoms with Crippen LogP contribution in [0.3, 0.4) is 0 Å². The Kier molecular flexibility index (Phi) is 4.80. The number of ether oxygens (including phenoxy) is 2. The smallest absolute Gasteiger partial charge is 0.339 e. The van der Waals surface area contributed by atoms with Crippen molar-refractivity contribution in [3.05, 3.63) is 29.3 Å². The summed E-state index contributed by atoms with van der Waals surface area (Å²) in [6, 6.07) is 4.80. The number of carboxylic acids is 1. The third-order valence-corrected chi connectivity index (χ3v) is 3.31. The maximum atomic E-state index is 12.1. The molecule has 1 aromatic rings. The number of carboxylic acid groups (broad SMARTS) is 1. The van der Waals surface area contributed by atoms with Crippen LogP contribution in [0.2, 0.25) is 0 Å². The van der Waals surface area contributed by atoms with Crippen LogP contribution < -0.4 is 4.74 Å². The fourth-order valence-corrected chi connectivity index (χ4v) is 2.20. The van der Waals surface area contributed by atoms with Gasteiger partial charge in [-0.25, -0.2) is 4.79 Å². The molecule has 0 radical (unpaired) electrons. The van der Waals surface area contributed by atoms with Gasteiger partial charge in [0.2, 0.25) is 0 Å². The number of aromatic carboxylic acids is 1. The molecule has 0 aliphatic carbocycles. The summed E-state index contributed by atoms with van der Waals surface area (Å²) >= 11 is 0. The average Bonchev–Trinajstić information content (AvgIpc) is 2.44. The molecule has 1 fully saturated rings. The van der Waals surface area contributed by atoms with E-state index >= 15 is 0 Å². The number of carbonyl (C=O) groups is 2. The molecule has 1 saturated heterocycles. The lowest BCUT2D eigenvalue weighted by Gasteiger charge is -2.31. The van der Waals surface area contributed by atoms with Gasteiger partial charge in [0, 0.05) is 13.1 Å². The summed E-state index contributed by atoms with van der Waals surface area (Å²) in [6.45, 7) is 5.15. The van der Waals surface area contributed by atoms with Crippen LogP contribution in [0, 0.1) is 6.92 Å².